The molecule has 2 nitrogen and oxygen atoms in total. The van der Waals surface area contributed by atoms with Crippen molar-refractivity contribution in [3.63, 3.8) is 0 Å². The molecule has 2 aromatic carbocycles. The number of hydrogen-bond donors (Lipinski definition) is 0. The fraction of sp³-hybridized carbons (Fsp3) is 0.500. The number of benzene rings is 2. The molecule has 1 aliphatic carbocycles. The van der Waals surface area contributed by atoms with Crippen molar-refractivity contribution in [3.8, 4) is 0 Å². The number of rotatable bonds is 9. The lowest BCUT2D eigenvalue weighted by molar-refractivity contribution is 0.212. The van der Waals surface area contributed by atoms with Crippen LogP contribution in [0.3, 0.4) is 0 Å². The predicted octanol–water partition coefficient (Wildman–Crippen LogP) is 7.70. The van der Waals surface area contributed by atoms with E-state index in [9.17, 15) is 0 Å². The molecular formula is C28H38N2. The Balaban J connectivity index is 1.73. The van der Waals surface area contributed by atoms with Crippen molar-refractivity contribution in [1.82, 2.24) is 0 Å². The maximum atomic E-state index is 4.77. The first-order valence-corrected chi connectivity index (χ1v) is 12.0. The van der Waals surface area contributed by atoms with Gasteiger partial charge >= 0.3 is 0 Å². The quantitative estimate of drug-likeness (QED) is 0.303. The monoisotopic (exact) mass is 402 g/mol. The summed E-state index contributed by atoms with van der Waals surface area (Å²) in [4.78, 5) is 0. The van der Waals surface area contributed by atoms with Crippen LogP contribution in [-0.4, -0.2) is 11.9 Å². The first-order chi connectivity index (χ1) is 14.7. The van der Waals surface area contributed by atoms with Crippen molar-refractivity contribution in [2.24, 2.45) is 28.0 Å². The van der Waals surface area contributed by atoms with Crippen molar-refractivity contribution in [2.75, 3.05) is 0 Å². The van der Waals surface area contributed by atoms with E-state index in [1.807, 2.05) is 6.21 Å². The molecule has 0 saturated heterocycles. The molecule has 0 heterocycles. The fourth-order valence-corrected chi connectivity index (χ4v) is 4.99. The second kappa shape index (κ2) is 11.8. The minimum Gasteiger partial charge on any atom is -0.158 e. The molecule has 0 aliphatic heterocycles. The summed E-state index contributed by atoms with van der Waals surface area (Å²) in [7, 11) is 0. The average Bonchev–Trinajstić information content (AvgIpc) is 2.81. The van der Waals surface area contributed by atoms with Gasteiger partial charge in [-0.25, -0.2) is 0 Å². The Hall–Kier alpha value is -2.22. The Morgan fingerprint density at radius 1 is 0.933 bits per heavy atom. The lowest BCUT2D eigenvalue weighted by Gasteiger charge is -2.34. The summed E-state index contributed by atoms with van der Waals surface area (Å²) >= 11 is 0. The van der Waals surface area contributed by atoms with Crippen LogP contribution in [0.5, 0.6) is 0 Å². The van der Waals surface area contributed by atoms with Gasteiger partial charge in [0, 0.05) is 5.92 Å². The Bertz CT molecular complexity index is 796. The molecule has 3 rings (SSSR count). The zero-order valence-electron chi connectivity index (χ0n) is 19.1. The predicted molar refractivity (Wildman–Crippen MR) is 131 cm³/mol. The Labute approximate surface area is 183 Å². The van der Waals surface area contributed by atoms with Crippen LogP contribution in [0.2, 0.25) is 0 Å². The third kappa shape index (κ3) is 6.14. The second-order valence-corrected chi connectivity index (χ2v) is 8.76. The van der Waals surface area contributed by atoms with Gasteiger partial charge in [-0.05, 0) is 60.6 Å². The van der Waals surface area contributed by atoms with Crippen LogP contribution in [0, 0.1) is 17.8 Å². The van der Waals surface area contributed by atoms with Gasteiger partial charge in [-0.2, -0.15) is 10.2 Å². The molecule has 2 aromatic rings. The zero-order chi connectivity index (χ0) is 21.2. The van der Waals surface area contributed by atoms with Gasteiger partial charge in [0.15, 0.2) is 0 Å². The minimum atomic E-state index is 0.516. The van der Waals surface area contributed by atoms with Crippen molar-refractivity contribution >= 4 is 11.9 Å². The summed E-state index contributed by atoms with van der Waals surface area (Å²) < 4.78 is 0. The molecule has 0 N–H and O–H groups in total. The maximum Gasteiger partial charge on any atom is 0.0733 e. The Kier molecular flexibility index (Phi) is 8.86. The fourth-order valence-electron chi connectivity index (χ4n) is 4.99. The first-order valence-electron chi connectivity index (χ1n) is 12.0. The molecule has 1 saturated carbocycles. The van der Waals surface area contributed by atoms with Gasteiger partial charge < -0.3 is 0 Å². The molecule has 160 valence electrons. The molecule has 1 aliphatic rings. The topological polar surface area (TPSA) is 24.7 Å². The molecule has 0 radical (unpaired) electrons. The third-order valence-corrected chi connectivity index (χ3v) is 6.84. The smallest absolute Gasteiger partial charge is 0.0733 e. The van der Waals surface area contributed by atoms with Crippen molar-refractivity contribution in [1.29, 1.82) is 0 Å². The van der Waals surface area contributed by atoms with Crippen LogP contribution in [-0.2, 0) is 6.42 Å². The molecule has 0 bridgehead atoms. The maximum absolute atomic E-state index is 4.77. The molecule has 0 amide bonds. The Morgan fingerprint density at radius 2 is 1.63 bits per heavy atom. The van der Waals surface area contributed by atoms with Gasteiger partial charge in [-0.3, -0.25) is 0 Å². The highest BCUT2D eigenvalue weighted by Crippen LogP contribution is 2.38. The van der Waals surface area contributed by atoms with E-state index in [-0.39, 0.29) is 0 Å². The minimum absolute atomic E-state index is 0.516. The molecule has 1 fully saturated rings. The largest absolute Gasteiger partial charge is 0.158 e. The summed E-state index contributed by atoms with van der Waals surface area (Å²) in [6, 6.07) is 19.3. The van der Waals surface area contributed by atoms with Crippen molar-refractivity contribution in [3.05, 3.63) is 71.3 Å². The van der Waals surface area contributed by atoms with Crippen LogP contribution in [0.4, 0.5) is 0 Å². The van der Waals surface area contributed by atoms with E-state index in [0.29, 0.717) is 5.92 Å². The second-order valence-electron chi connectivity index (χ2n) is 8.76. The molecular weight excluding hydrogens is 364 g/mol. The first kappa shape index (κ1) is 22.5. The number of aryl methyl sites for hydroxylation is 1. The number of nitrogens with zero attached hydrogens (tertiary/aromatic N) is 2. The van der Waals surface area contributed by atoms with Crippen LogP contribution in [0.15, 0.2) is 64.8 Å². The highest BCUT2D eigenvalue weighted by molar-refractivity contribution is 6.02. The summed E-state index contributed by atoms with van der Waals surface area (Å²) in [5.74, 6) is 2.31. The van der Waals surface area contributed by atoms with Gasteiger partial charge in [-0.15, -0.1) is 0 Å². The molecule has 2 heteroatoms. The Morgan fingerprint density at radius 3 is 2.23 bits per heavy atom. The van der Waals surface area contributed by atoms with Crippen LogP contribution >= 0.6 is 0 Å². The van der Waals surface area contributed by atoms with E-state index in [1.165, 1.54) is 61.8 Å². The van der Waals surface area contributed by atoms with Crippen LogP contribution in [0.25, 0.3) is 0 Å². The molecule has 1 atom stereocenters. The lowest BCUT2D eigenvalue weighted by atomic mass is 9.72. The van der Waals surface area contributed by atoms with Gasteiger partial charge in [0.1, 0.15) is 0 Å². The van der Waals surface area contributed by atoms with E-state index in [0.717, 1.165) is 23.8 Å². The SMILES string of the molecule is CCCC(CC)C1CCC(C(=NN=Cc2ccc(CC)cc2)c2ccccc2)CC1. The van der Waals surface area contributed by atoms with E-state index >= 15 is 0 Å². The standard InChI is InChI=1S/C28H38N2/c1-4-10-24(6-3)25-17-19-27(20-18-25)28(26-11-8-7-9-12-26)30-29-21-23-15-13-22(5-2)14-16-23/h7-9,11-16,21,24-25,27H,4-6,10,17-20H2,1-3H3. The van der Waals surface area contributed by atoms with Gasteiger partial charge in [-0.1, -0.05) is 94.6 Å². The number of hydrogen-bond acceptors (Lipinski definition) is 2. The van der Waals surface area contributed by atoms with E-state index < -0.39 is 0 Å². The van der Waals surface area contributed by atoms with E-state index in [4.69, 9.17) is 5.10 Å². The molecule has 0 spiro atoms. The van der Waals surface area contributed by atoms with Crippen molar-refractivity contribution in [2.45, 2.75) is 72.1 Å². The van der Waals surface area contributed by atoms with E-state index in [1.54, 1.807) is 0 Å². The van der Waals surface area contributed by atoms with Gasteiger partial charge in [0.2, 0.25) is 0 Å². The lowest BCUT2D eigenvalue weighted by Crippen LogP contribution is -2.26. The molecule has 1 unspecified atom stereocenters. The summed E-state index contributed by atoms with van der Waals surface area (Å²) in [5, 5.41) is 9.28. The molecule has 0 aromatic heterocycles. The molecule has 30 heavy (non-hydrogen) atoms. The van der Waals surface area contributed by atoms with Gasteiger partial charge in [0.05, 0.1) is 11.9 Å². The zero-order valence-corrected chi connectivity index (χ0v) is 19.1. The third-order valence-electron chi connectivity index (χ3n) is 6.84. The highest BCUT2D eigenvalue weighted by atomic mass is 15.2. The van der Waals surface area contributed by atoms with E-state index in [2.05, 4.69) is 80.5 Å². The normalized spacial score (nSPS) is 21.1. The average molecular weight is 403 g/mol. The summed E-state index contributed by atoms with van der Waals surface area (Å²) in [6.07, 6.45) is 12.1. The highest BCUT2D eigenvalue weighted by Gasteiger charge is 2.29. The van der Waals surface area contributed by atoms with Gasteiger partial charge in [0.25, 0.3) is 0 Å². The summed E-state index contributed by atoms with van der Waals surface area (Å²) in [6.45, 7) is 6.87. The van der Waals surface area contributed by atoms with Crippen LogP contribution < -0.4 is 0 Å². The summed E-state index contributed by atoms with van der Waals surface area (Å²) in [5.41, 5.74) is 4.85. The van der Waals surface area contributed by atoms with Crippen molar-refractivity contribution < 1.29 is 0 Å². The van der Waals surface area contributed by atoms with Crippen LogP contribution in [0.1, 0.15) is 82.4 Å².